The predicted octanol–water partition coefficient (Wildman–Crippen LogP) is 4.67. The third-order valence-corrected chi connectivity index (χ3v) is 5.43. The normalized spacial score (nSPS) is 11.5. The van der Waals surface area contributed by atoms with E-state index < -0.39 is 6.04 Å². The molecule has 0 saturated heterocycles. The molecule has 2 aromatic carbocycles. The van der Waals surface area contributed by atoms with Crippen LogP contribution < -0.4 is 14.8 Å². The van der Waals surface area contributed by atoms with Crippen LogP contribution in [0.4, 0.5) is 0 Å². The van der Waals surface area contributed by atoms with E-state index in [1.807, 2.05) is 70.2 Å². The number of benzene rings is 2. The Morgan fingerprint density at radius 3 is 2.21 bits per heavy atom. The van der Waals surface area contributed by atoms with Gasteiger partial charge in [-0.25, -0.2) is 0 Å². The SMILES string of the molecule is CCCNC(=O)[C@H](C)N(Cc1ccc(C)cc1)C(=O)CCc1ccc(OCC)c(OCC)c1. The van der Waals surface area contributed by atoms with Crippen molar-refractivity contribution >= 4 is 11.8 Å². The Bertz CT molecular complexity index is 895. The van der Waals surface area contributed by atoms with Gasteiger partial charge in [-0.15, -0.1) is 0 Å². The molecule has 33 heavy (non-hydrogen) atoms. The summed E-state index contributed by atoms with van der Waals surface area (Å²) in [5.41, 5.74) is 3.16. The Balaban J connectivity index is 2.15. The van der Waals surface area contributed by atoms with Crippen LogP contribution in [0, 0.1) is 6.92 Å². The largest absolute Gasteiger partial charge is 0.490 e. The van der Waals surface area contributed by atoms with E-state index in [0.717, 1.165) is 23.1 Å². The van der Waals surface area contributed by atoms with Crippen molar-refractivity contribution in [3.05, 3.63) is 59.2 Å². The van der Waals surface area contributed by atoms with Crippen LogP contribution >= 0.6 is 0 Å². The van der Waals surface area contributed by atoms with Gasteiger partial charge in [-0.1, -0.05) is 42.8 Å². The zero-order valence-corrected chi connectivity index (χ0v) is 20.6. The molecule has 0 saturated carbocycles. The molecule has 1 N–H and O–H groups in total. The van der Waals surface area contributed by atoms with Crippen molar-refractivity contribution in [2.75, 3.05) is 19.8 Å². The maximum atomic E-state index is 13.3. The molecule has 0 radical (unpaired) electrons. The van der Waals surface area contributed by atoms with Gasteiger partial charge in [-0.2, -0.15) is 0 Å². The molecule has 0 unspecified atom stereocenters. The summed E-state index contributed by atoms with van der Waals surface area (Å²) in [7, 11) is 0. The van der Waals surface area contributed by atoms with Gasteiger partial charge in [0, 0.05) is 19.5 Å². The third-order valence-electron chi connectivity index (χ3n) is 5.43. The topological polar surface area (TPSA) is 67.9 Å². The molecule has 2 amide bonds. The van der Waals surface area contributed by atoms with E-state index in [1.165, 1.54) is 0 Å². The number of carbonyl (C=O) groups excluding carboxylic acids is 2. The Labute approximate surface area is 198 Å². The Morgan fingerprint density at radius 1 is 0.939 bits per heavy atom. The lowest BCUT2D eigenvalue weighted by Crippen LogP contribution is -2.47. The minimum absolute atomic E-state index is 0.0541. The quantitative estimate of drug-likeness (QED) is 0.478. The molecule has 0 heterocycles. The van der Waals surface area contributed by atoms with Crippen LogP contribution in [0.25, 0.3) is 0 Å². The maximum Gasteiger partial charge on any atom is 0.242 e. The summed E-state index contributed by atoms with van der Waals surface area (Å²) >= 11 is 0. The third kappa shape index (κ3) is 8.12. The van der Waals surface area contributed by atoms with Gasteiger partial charge in [-0.3, -0.25) is 9.59 Å². The molecule has 0 aliphatic heterocycles. The molecular weight excluding hydrogens is 416 g/mol. The number of aryl methyl sites for hydroxylation is 2. The summed E-state index contributed by atoms with van der Waals surface area (Å²) < 4.78 is 11.3. The van der Waals surface area contributed by atoms with E-state index in [0.29, 0.717) is 50.6 Å². The Kier molecular flexibility index (Phi) is 10.7. The second kappa shape index (κ2) is 13.5. The van der Waals surface area contributed by atoms with Gasteiger partial charge in [0.25, 0.3) is 0 Å². The second-order valence-electron chi connectivity index (χ2n) is 8.12. The van der Waals surface area contributed by atoms with E-state index in [4.69, 9.17) is 9.47 Å². The zero-order chi connectivity index (χ0) is 24.2. The highest BCUT2D eigenvalue weighted by Crippen LogP contribution is 2.29. The molecule has 0 spiro atoms. The van der Waals surface area contributed by atoms with Gasteiger partial charge < -0.3 is 19.7 Å². The lowest BCUT2D eigenvalue weighted by molar-refractivity contribution is -0.140. The van der Waals surface area contributed by atoms with Crippen LogP contribution in [0.15, 0.2) is 42.5 Å². The van der Waals surface area contributed by atoms with Gasteiger partial charge in [0.15, 0.2) is 11.5 Å². The summed E-state index contributed by atoms with van der Waals surface area (Å²) in [6.45, 7) is 11.8. The second-order valence-corrected chi connectivity index (χ2v) is 8.12. The van der Waals surface area contributed by atoms with Crippen LogP contribution in [0.5, 0.6) is 11.5 Å². The molecule has 0 bridgehead atoms. The lowest BCUT2D eigenvalue weighted by atomic mass is 10.1. The van der Waals surface area contributed by atoms with E-state index in [9.17, 15) is 9.59 Å². The summed E-state index contributed by atoms with van der Waals surface area (Å²) in [6, 6.07) is 13.3. The zero-order valence-electron chi connectivity index (χ0n) is 20.6. The molecular formula is C27H38N2O4. The fourth-order valence-electron chi connectivity index (χ4n) is 3.51. The van der Waals surface area contributed by atoms with Crippen molar-refractivity contribution in [3.8, 4) is 11.5 Å². The van der Waals surface area contributed by atoms with Gasteiger partial charge in [0.2, 0.25) is 11.8 Å². The molecule has 0 aromatic heterocycles. The summed E-state index contributed by atoms with van der Waals surface area (Å²) in [6.07, 6.45) is 1.71. The molecule has 6 nitrogen and oxygen atoms in total. The number of ether oxygens (including phenoxy) is 2. The van der Waals surface area contributed by atoms with E-state index in [2.05, 4.69) is 5.32 Å². The van der Waals surface area contributed by atoms with Crippen molar-refractivity contribution in [2.45, 2.75) is 66.5 Å². The molecule has 2 aromatic rings. The number of amides is 2. The van der Waals surface area contributed by atoms with E-state index in [1.54, 1.807) is 11.8 Å². The summed E-state index contributed by atoms with van der Waals surface area (Å²) in [5.74, 6) is 1.21. The lowest BCUT2D eigenvalue weighted by Gasteiger charge is -2.29. The first-order chi connectivity index (χ1) is 15.9. The molecule has 180 valence electrons. The van der Waals surface area contributed by atoms with Crippen LogP contribution in [-0.4, -0.2) is 42.5 Å². The van der Waals surface area contributed by atoms with Crippen molar-refractivity contribution < 1.29 is 19.1 Å². The van der Waals surface area contributed by atoms with Crippen molar-refractivity contribution in [1.29, 1.82) is 0 Å². The fraction of sp³-hybridized carbons (Fsp3) is 0.481. The predicted molar refractivity (Wildman–Crippen MR) is 132 cm³/mol. The van der Waals surface area contributed by atoms with Gasteiger partial charge in [0.05, 0.1) is 13.2 Å². The van der Waals surface area contributed by atoms with Crippen LogP contribution in [0.2, 0.25) is 0 Å². The van der Waals surface area contributed by atoms with Crippen molar-refractivity contribution in [2.24, 2.45) is 0 Å². The Morgan fingerprint density at radius 2 is 1.58 bits per heavy atom. The molecule has 0 fully saturated rings. The van der Waals surface area contributed by atoms with Crippen LogP contribution in [0.1, 0.15) is 57.2 Å². The number of hydrogen-bond donors (Lipinski definition) is 1. The van der Waals surface area contributed by atoms with Crippen LogP contribution in [-0.2, 0) is 22.6 Å². The van der Waals surface area contributed by atoms with Gasteiger partial charge in [-0.05, 0) is 63.8 Å². The molecule has 2 rings (SSSR count). The first kappa shape index (κ1) is 26.2. The number of carbonyl (C=O) groups is 2. The van der Waals surface area contributed by atoms with Gasteiger partial charge >= 0.3 is 0 Å². The molecule has 0 aliphatic rings. The highest BCUT2D eigenvalue weighted by molar-refractivity contribution is 5.87. The molecule has 0 aliphatic carbocycles. The standard InChI is InChI=1S/C27H38N2O4/c1-6-17-28-27(31)21(5)29(19-23-11-9-20(4)10-12-23)26(30)16-14-22-13-15-24(32-7-2)25(18-22)33-8-3/h9-13,15,18,21H,6-8,14,16-17,19H2,1-5H3,(H,28,31)/t21-/m0/s1. The molecule has 6 heteroatoms. The first-order valence-electron chi connectivity index (χ1n) is 11.9. The summed E-state index contributed by atoms with van der Waals surface area (Å²) in [4.78, 5) is 27.6. The summed E-state index contributed by atoms with van der Waals surface area (Å²) in [5, 5.41) is 2.91. The first-order valence-corrected chi connectivity index (χ1v) is 11.9. The fourth-order valence-corrected chi connectivity index (χ4v) is 3.51. The highest BCUT2D eigenvalue weighted by Gasteiger charge is 2.25. The average Bonchev–Trinajstić information content (AvgIpc) is 2.81. The van der Waals surface area contributed by atoms with Crippen molar-refractivity contribution in [3.63, 3.8) is 0 Å². The number of rotatable bonds is 13. The van der Waals surface area contributed by atoms with Gasteiger partial charge in [0.1, 0.15) is 6.04 Å². The maximum absolute atomic E-state index is 13.3. The Hall–Kier alpha value is -3.02. The smallest absolute Gasteiger partial charge is 0.242 e. The molecule has 1 atom stereocenters. The number of hydrogen-bond acceptors (Lipinski definition) is 4. The minimum Gasteiger partial charge on any atom is -0.490 e. The highest BCUT2D eigenvalue weighted by atomic mass is 16.5. The number of nitrogens with zero attached hydrogens (tertiary/aromatic N) is 1. The van der Waals surface area contributed by atoms with Crippen molar-refractivity contribution in [1.82, 2.24) is 10.2 Å². The van der Waals surface area contributed by atoms with E-state index >= 15 is 0 Å². The average molecular weight is 455 g/mol. The van der Waals surface area contributed by atoms with E-state index in [-0.39, 0.29) is 11.8 Å². The monoisotopic (exact) mass is 454 g/mol. The van der Waals surface area contributed by atoms with Crippen LogP contribution in [0.3, 0.4) is 0 Å². The minimum atomic E-state index is -0.551. The number of nitrogens with one attached hydrogen (secondary N) is 1.